The van der Waals surface area contributed by atoms with Crippen LogP contribution in [0.15, 0.2) is 30.3 Å². The molecule has 2 aliphatic heterocycles. The van der Waals surface area contributed by atoms with Crippen LogP contribution in [0, 0.1) is 5.92 Å². The summed E-state index contributed by atoms with van der Waals surface area (Å²) in [4.78, 5) is 0. The van der Waals surface area contributed by atoms with Crippen LogP contribution in [0.4, 0.5) is 0 Å². The Bertz CT molecular complexity index is 654. The summed E-state index contributed by atoms with van der Waals surface area (Å²) in [6.07, 6.45) is 5.25. The first-order valence-electron chi connectivity index (χ1n) is 9.10. The second kappa shape index (κ2) is 6.75. The fourth-order valence-corrected chi connectivity index (χ4v) is 5.49. The first-order chi connectivity index (χ1) is 11.6. The molecule has 1 saturated carbocycles. The predicted octanol–water partition coefficient (Wildman–Crippen LogP) is 2.57. The third-order valence-corrected chi connectivity index (χ3v) is 7.35. The fraction of sp³-hybridized carbons (Fsp3) is 0.667. The van der Waals surface area contributed by atoms with E-state index in [0.717, 1.165) is 37.7 Å². The van der Waals surface area contributed by atoms with E-state index in [0.29, 0.717) is 32.1 Å². The molecule has 0 radical (unpaired) electrons. The molecule has 3 fully saturated rings. The zero-order valence-electron chi connectivity index (χ0n) is 14.0. The van der Waals surface area contributed by atoms with Crippen molar-refractivity contribution in [2.75, 3.05) is 26.2 Å². The lowest BCUT2D eigenvalue weighted by Crippen LogP contribution is -2.53. The summed E-state index contributed by atoms with van der Waals surface area (Å²) >= 11 is 0. The summed E-state index contributed by atoms with van der Waals surface area (Å²) in [7, 11) is -3.38. The van der Waals surface area contributed by atoms with E-state index in [9.17, 15) is 8.42 Å². The summed E-state index contributed by atoms with van der Waals surface area (Å²) in [5, 5.41) is 0. The van der Waals surface area contributed by atoms with Gasteiger partial charge < -0.3 is 4.74 Å². The molecular formula is C18H26N2O3S. The topological polar surface area (TPSA) is 49.9 Å². The van der Waals surface area contributed by atoms with Crippen molar-refractivity contribution in [3.63, 3.8) is 0 Å². The minimum absolute atomic E-state index is 0.0310. The van der Waals surface area contributed by atoms with Crippen LogP contribution in [0.1, 0.15) is 43.8 Å². The van der Waals surface area contributed by atoms with Crippen LogP contribution in [0.25, 0.3) is 0 Å². The number of rotatable bonds is 4. The van der Waals surface area contributed by atoms with Gasteiger partial charge in [-0.3, -0.25) is 0 Å². The zero-order chi connectivity index (χ0) is 16.6. The first-order valence-corrected chi connectivity index (χ1v) is 10.5. The quantitative estimate of drug-likeness (QED) is 0.839. The van der Waals surface area contributed by atoms with Gasteiger partial charge in [-0.2, -0.15) is 17.0 Å². The molecule has 24 heavy (non-hydrogen) atoms. The van der Waals surface area contributed by atoms with Crippen molar-refractivity contribution in [2.45, 2.75) is 44.3 Å². The number of morpholine rings is 1. The highest BCUT2D eigenvalue weighted by Gasteiger charge is 2.43. The van der Waals surface area contributed by atoms with E-state index in [-0.39, 0.29) is 12.2 Å². The maximum atomic E-state index is 13.1. The maximum absolute atomic E-state index is 13.1. The van der Waals surface area contributed by atoms with Crippen LogP contribution >= 0.6 is 0 Å². The second-order valence-corrected chi connectivity index (χ2v) is 9.12. The molecule has 3 aliphatic rings. The molecule has 0 spiro atoms. The third-order valence-electron chi connectivity index (χ3n) is 5.38. The monoisotopic (exact) mass is 350 g/mol. The minimum atomic E-state index is -3.38. The Labute approximate surface area is 144 Å². The van der Waals surface area contributed by atoms with Crippen molar-refractivity contribution < 1.29 is 13.2 Å². The maximum Gasteiger partial charge on any atom is 0.282 e. The predicted molar refractivity (Wildman–Crippen MR) is 92.7 cm³/mol. The van der Waals surface area contributed by atoms with Gasteiger partial charge in [0.25, 0.3) is 10.2 Å². The second-order valence-electron chi connectivity index (χ2n) is 7.20. The third kappa shape index (κ3) is 3.38. The first kappa shape index (κ1) is 16.5. The number of nitrogens with zero attached hydrogens (tertiary/aromatic N) is 2. The number of piperidine rings is 1. The smallest absolute Gasteiger partial charge is 0.282 e. The average molecular weight is 350 g/mol. The summed E-state index contributed by atoms with van der Waals surface area (Å²) in [6.45, 7) is 2.24. The Morgan fingerprint density at radius 2 is 1.62 bits per heavy atom. The molecule has 5 nitrogen and oxygen atoms in total. The van der Waals surface area contributed by atoms with Gasteiger partial charge in [0.15, 0.2) is 0 Å². The molecule has 1 aromatic rings. The summed E-state index contributed by atoms with van der Waals surface area (Å²) in [5.74, 6) is 0.524. The van der Waals surface area contributed by atoms with Crippen molar-refractivity contribution in [3.05, 3.63) is 35.9 Å². The van der Waals surface area contributed by atoms with Gasteiger partial charge in [0.2, 0.25) is 0 Å². The van der Waals surface area contributed by atoms with Crippen LogP contribution in [0.5, 0.6) is 0 Å². The van der Waals surface area contributed by atoms with E-state index in [1.807, 2.05) is 30.3 Å². The molecular weight excluding hydrogens is 324 g/mol. The lowest BCUT2D eigenvalue weighted by atomic mass is 10.1. The molecule has 0 amide bonds. The molecule has 2 saturated heterocycles. The number of benzene rings is 1. The molecule has 4 rings (SSSR count). The van der Waals surface area contributed by atoms with Crippen LogP contribution < -0.4 is 0 Å². The Morgan fingerprint density at radius 3 is 2.29 bits per heavy atom. The Kier molecular flexibility index (Phi) is 4.64. The fourth-order valence-electron chi connectivity index (χ4n) is 3.78. The zero-order valence-corrected chi connectivity index (χ0v) is 14.8. The number of hydrogen-bond donors (Lipinski definition) is 0. The molecule has 0 aromatic heterocycles. The van der Waals surface area contributed by atoms with Gasteiger partial charge in [-0.05, 0) is 37.2 Å². The van der Waals surface area contributed by atoms with Gasteiger partial charge in [-0.1, -0.05) is 36.8 Å². The molecule has 1 aromatic carbocycles. The molecule has 132 valence electrons. The van der Waals surface area contributed by atoms with Gasteiger partial charge in [0, 0.05) is 26.2 Å². The highest BCUT2D eigenvalue weighted by molar-refractivity contribution is 7.86. The largest absolute Gasteiger partial charge is 0.367 e. The minimum Gasteiger partial charge on any atom is -0.367 e. The van der Waals surface area contributed by atoms with Crippen molar-refractivity contribution >= 4 is 10.2 Å². The Morgan fingerprint density at radius 1 is 0.917 bits per heavy atom. The highest BCUT2D eigenvalue weighted by Crippen LogP contribution is 2.40. The van der Waals surface area contributed by atoms with Crippen LogP contribution in [0.3, 0.4) is 0 Å². The van der Waals surface area contributed by atoms with Crippen LogP contribution in [0.2, 0.25) is 0 Å². The van der Waals surface area contributed by atoms with E-state index < -0.39 is 10.2 Å². The van der Waals surface area contributed by atoms with Crippen molar-refractivity contribution in [2.24, 2.45) is 5.92 Å². The average Bonchev–Trinajstić information content (AvgIpc) is 3.48. The van der Waals surface area contributed by atoms with Crippen LogP contribution in [-0.2, 0) is 14.9 Å². The normalized spacial score (nSPS) is 30.3. The van der Waals surface area contributed by atoms with Gasteiger partial charge in [-0.15, -0.1) is 0 Å². The van der Waals surface area contributed by atoms with Crippen molar-refractivity contribution in [1.29, 1.82) is 0 Å². The summed E-state index contributed by atoms with van der Waals surface area (Å²) in [6, 6.07) is 10.0. The summed E-state index contributed by atoms with van der Waals surface area (Å²) < 4.78 is 35.8. The Hall–Kier alpha value is -0.950. The van der Waals surface area contributed by atoms with Crippen molar-refractivity contribution in [3.8, 4) is 0 Å². The standard InChI is InChI=1S/C18H26N2O3S/c21-24(22,19-11-5-2-6-12-19)20-13-17(15-7-3-1-4-8-15)23-18(14-20)16-9-10-16/h1,3-4,7-8,16-18H,2,5-6,9-14H2/t17-,18+/m0/s1. The molecule has 0 bridgehead atoms. The van der Waals surface area contributed by atoms with Crippen LogP contribution in [-0.4, -0.2) is 49.3 Å². The van der Waals surface area contributed by atoms with E-state index in [1.165, 1.54) is 0 Å². The summed E-state index contributed by atoms with van der Waals surface area (Å²) in [5.41, 5.74) is 1.07. The lowest BCUT2D eigenvalue weighted by molar-refractivity contribution is -0.0759. The molecule has 1 aliphatic carbocycles. The molecule has 2 heterocycles. The molecule has 2 atom stereocenters. The lowest BCUT2D eigenvalue weighted by Gasteiger charge is -2.40. The van der Waals surface area contributed by atoms with Gasteiger partial charge in [-0.25, -0.2) is 0 Å². The van der Waals surface area contributed by atoms with Crippen molar-refractivity contribution in [1.82, 2.24) is 8.61 Å². The van der Waals surface area contributed by atoms with E-state index in [2.05, 4.69) is 0 Å². The number of hydrogen-bond acceptors (Lipinski definition) is 3. The molecule has 6 heteroatoms. The van der Waals surface area contributed by atoms with Gasteiger partial charge >= 0.3 is 0 Å². The van der Waals surface area contributed by atoms with E-state index in [1.54, 1.807) is 8.61 Å². The SMILES string of the molecule is O=S(=O)(N1CCCCC1)N1C[C@@H](c2ccccc2)O[C@@H](C2CC2)C1. The van der Waals surface area contributed by atoms with Gasteiger partial charge in [0.05, 0.1) is 12.2 Å². The Balaban J connectivity index is 1.57. The van der Waals surface area contributed by atoms with E-state index >= 15 is 0 Å². The van der Waals surface area contributed by atoms with E-state index in [4.69, 9.17) is 4.74 Å². The molecule has 0 unspecified atom stereocenters. The highest BCUT2D eigenvalue weighted by atomic mass is 32.2. The molecule has 0 N–H and O–H groups in total. The van der Waals surface area contributed by atoms with Gasteiger partial charge in [0.1, 0.15) is 0 Å². The number of ether oxygens (including phenoxy) is 1.